The van der Waals surface area contributed by atoms with E-state index in [0.717, 1.165) is 45.2 Å². The van der Waals surface area contributed by atoms with Gasteiger partial charge in [-0.25, -0.2) is 4.68 Å². The summed E-state index contributed by atoms with van der Waals surface area (Å²) in [6, 6.07) is 8.85. The number of piperidine rings is 1. The first-order valence-corrected chi connectivity index (χ1v) is 9.32. The highest BCUT2D eigenvalue weighted by atomic mass is 35.5. The molecule has 6 nitrogen and oxygen atoms in total. The number of rotatable bonds is 3. The van der Waals surface area contributed by atoms with E-state index in [0.29, 0.717) is 11.7 Å². The van der Waals surface area contributed by atoms with E-state index in [1.54, 1.807) is 6.20 Å². The summed E-state index contributed by atoms with van der Waals surface area (Å²) in [5.41, 5.74) is 3.02. The lowest BCUT2D eigenvalue weighted by Gasteiger charge is -2.22. The van der Waals surface area contributed by atoms with Crippen molar-refractivity contribution in [1.29, 1.82) is 0 Å². The number of fused-ring (bicyclic) bond motifs is 1. The predicted molar refractivity (Wildman–Crippen MR) is 103 cm³/mol. The van der Waals surface area contributed by atoms with Crippen LogP contribution >= 0.6 is 12.4 Å². The molecule has 1 amide bonds. The fraction of sp³-hybridized carbons (Fsp3) is 0.526. The summed E-state index contributed by atoms with van der Waals surface area (Å²) in [4.78, 5) is 12.7. The zero-order valence-electron chi connectivity index (χ0n) is 14.9. The molecule has 0 saturated carbocycles. The molecule has 7 heteroatoms. The molecule has 1 aromatic heterocycles. The second kappa shape index (κ2) is 8.64. The zero-order valence-corrected chi connectivity index (χ0v) is 15.7. The maximum absolute atomic E-state index is 12.7. The number of hydrogen-bond donors (Lipinski definition) is 2. The summed E-state index contributed by atoms with van der Waals surface area (Å²) in [6.45, 7) is 1.98. The monoisotopic (exact) mass is 375 g/mol. The number of nitrogens with one attached hydrogen (secondary N) is 2. The van der Waals surface area contributed by atoms with E-state index >= 15 is 0 Å². The molecule has 1 atom stereocenters. The van der Waals surface area contributed by atoms with Crippen molar-refractivity contribution < 1.29 is 4.79 Å². The topological polar surface area (TPSA) is 71.8 Å². The highest BCUT2D eigenvalue weighted by Gasteiger charge is 2.23. The molecule has 2 aliphatic rings. The zero-order chi connectivity index (χ0) is 17.1. The molecule has 1 aliphatic carbocycles. The molecular formula is C19H26ClN5O. The van der Waals surface area contributed by atoms with E-state index in [9.17, 15) is 4.79 Å². The largest absolute Gasteiger partial charge is 0.344 e. The molecule has 26 heavy (non-hydrogen) atoms. The van der Waals surface area contributed by atoms with Gasteiger partial charge in [-0.1, -0.05) is 35.9 Å². The Morgan fingerprint density at radius 3 is 2.81 bits per heavy atom. The van der Waals surface area contributed by atoms with E-state index in [1.807, 2.05) is 4.68 Å². The van der Waals surface area contributed by atoms with Crippen LogP contribution in [0.3, 0.4) is 0 Å². The Hall–Kier alpha value is -1.92. The Bertz CT molecular complexity index is 741. The third kappa shape index (κ3) is 4.07. The average Bonchev–Trinajstić information content (AvgIpc) is 3.07. The summed E-state index contributed by atoms with van der Waals surface area (Å²) >= 11 is 0. The van der Waals surface area contributed by atoms with Crippen molar-refractivity contribution in [3.05, 3.63) is 47.3 Å². The standard InChI is InChI=1S/C19H25N5O.ClH/c25-19(18-13-24(23-22-18)15-9-11-20-12-10-15)21-17-8-4-2-6-14-5-1-3-7-16(14)17;/h1,3,5,7,13,15,17,20H,2,4,6,8-12H2,(H,21,25);1H. The lowest BCUT2D eigenvalue weighted by atomic mass is 9.99. The molecule has 1 aliphatic heterocycles. The van der Waals surface area contributed by atoms with Gasteiger partial charge in [0.25, 0.3) is 5.91 Å². The summed E-state index contributed by atoms with van der Waals surface area (Å²) in [6.07, 6.45) is 8.23. The molecule has 140 valence electrons. The SMILES string of the molecule is Cl.O=C(NC1CCCCc2ccccc21)c1cn(C2CCNCC2)nn1. The van der Waals surface area contributed by atoms with Crippen molar-refractivity contribution in [2.75, 3.05) is 13.1 Å². The van der Waals surface area contributed by atoms with Gasteiger partial charge in [-0.3, -0.25) is 4.79 Å². The van der Waals surface area contributed by atoms with Gasteiger partial charge in [-0.15, -0.1) is 17.5 Å². The van der Waals surface area contributed by atoms with Gasteiger partial charge in [0.15, 0.2) is 5.69 Å². The van der Waals surface area contributed by atoms with Crippen LogP contribution < -0.4 is 10.6 Å². The number of halogens is 1. The van der Waals surface area contributed by atoms with Crippen LogP contribution in [0.4, 0.5) is 0 Å². The molecule has 2 aromatic rings. The van der Waals surface area contributed by atoms with Gasteiger partial charge in [0.2, 0.25) is 0 Å². The number of nitrogens with zero attached hydrogens (tertiary/aromatic N) is 3. The van der Waals surface area contributed by atoms with Crippen LogP contribution in [0.5, 0.6) is 0 Å². The van der Waals surface area contributed by atoms with E-state index in [1.165, 1.54) is 17.5 Å². The molecule has 0 bridgehead atoms. The minimum absolute atomic E-state index is 0. The highest BCUT2D eigenvalue weighted by molar-refractivity contribution is 5.92. The summed E-state index contributed by atoms with van der Waals surface area (Å²) < 4.78 is 1.86. The van der Waals surface area contributed by atoms with Gasteiger partial charge >= 0.3 is 0 Å². The van der Waals surface area contributed by atoms with Crippen molar-refractivity contribution in [2.45, 2.75) is 50.6 Å². The number of aryl methyl sites for hydroxylation is 1. The quantitative estimate of drug-likeness (QED) is 0.809. The lowest BCUT2D eigenvalue weighted by molar-refractivity contribution is 0.0929. The molecular weight excluding hydrogens is 350 g/mol. The second-order valence-electron chi connectivity index (χ2n) is 7.04. The fourth-order valence-corrected chi connectivity index (χ4v) is 3.93. The van der Waals surface area contributed by atoms with Gasteiger partial charge in [0.05, 0.1) is 18.3 Å². The first kappa shape index (κ1) is 18.9. The number of hydrogen-bond acceptors (Lipinski definition) is 4. The van der Waals surface area contributed by atoms with E-state index in [-0.39, 0.29) is 24.4 Å². The normalized spacial score (nSPS) is 20.5. The molecule has 1 aromatic carbocycles. The Morgan fingerprint density at radius 1 is 1.15 bits per heavy atom. The number of carbonyl (C=O) groups is 1. The lowest BCUT2D eigenvalue weighted by Crippen LogP contribution is -2.30. The van der Waals surface area contributed by atoms with E-state index in [4.69, 9.17) is 0 Å². The van der Waals surface area contributed by atoms with Crippen LogP contribution in [-0.2, 0) is 6.42 Å². The number of amides is 1. The molecule has 4 rings (SSSR count). The molecule has 2 heterocycles. The van der Waals surface area contributed by atoms with Crippen LogP contribution in [-0.4, -0.2) is 34.0 Å². The van der Waals surface area contributed by atoms with Crippen LogP contribution in [0.1, 0.15) is 65.8 Å². The first-order chi connectivity index (χ1) is 12.3. The maximum Gasteiger partial charge on any atom is 0.273 e. The van der Waals surface area contributed by atoms with Crippen molar-refractivity contribution >= 4 is 18.3 Å². The summed E-state index contributed by atoms with van der Waals surface area (Å²) in [5, 5.41) is 14.8. The maximum atomic E-state index is 12.7. The van der Waals surface area contributed by atoms with Gasteiger partial charge in [0, 0.05) is 0 Å². The number of benzene rings is 1. The molecule has 2 N–H and O–H groups in total. The van der Waals surface area contributed by atoms with Crippen LogP contribution in [0.15, 0.2) is 30.5 Å². The Kier molecular flexibility index (Phi) is 6.27. The Labute approximate surface area is 160 Å². The third-order valence-corrected chi connectivity index (χ3v) is 5.35. The van der Waals surface area contributed by atoms with Gasteiger partial charge in [0.1, 0.15) is 0 Å². The minimum Gasteiger partial charge on any atom is -0.344 e. The smallest absolute Gasteiger partial charge is 0.273 e. The van der Waals surface area contributed by atoms with Crippen LogP contribution in [0.25, 0.3) is 0 Å². The van der Waals surface area contributed by atoms with Crippen LogP contribution in [0, 0.1) is 0 Å². The Morgan fingerprint density at radius 2 is 1.96 bits per heavy atom. The van der Waals surface area contributed by atoms with Gasteiger partial charge in [-0.2, -0.15) is 0 Å². The first-order valence-electron chi connectivity index (χ1n) is 9.32. The average molecular weight is 376 g/mol. The number of aromatic nitrogens is 3. The number of carbonyl (C=O) groups excluding carboxylic acids is 1. The summed E-state index contributed by atoms with van der Waals surface area (Å²) in [7, 11) is 0. The predicted octanol–water partition coefficient (Wildman–Crippen LogP) is 2.82. The van der Waals surface area contributed by atoms with Crippen molar-refractivity contribution in [3.8, 4) is 0 Å². The van der Waals surface area contributed by atoms with E-state index in [2.05, 4.69) is 45.2 Å². The van der Waals surface area contributed by atoms with Crippen molar-refractivity contribution in [1.82, 2.24) is 25.6 Å². The molecule has 1 unspecified atom stereocenters. The van der Waals surface area contributed by atoms with Crippen molar-refractivity contribution in [3.63, 3.8) is 0 Å². The van der Waals surface area contributed by atoms with Crippen molar-refractivity contribution in [2.24, 2.45) is 0 Å². The van der Waals surface area contributed by atoms with Gasteiger partial charge in [-0.05, 0) is 56.3 Å². The summed E-state index contributed by atoms with van der Waals surface area (Å²) in [5.74, 6) is -0.123. The third-order valence-electron chi connectivity index (χ3n) is 5.35. The molecule has 1 fully saturated rings. The molecule has 1 saturated heterocycles. The van der Waals surface area contributed by atoms with Crippen LogP contribution in [0.2, 0.25) is 0 Å². The van der Waals surface area contributed by atoms with E-state index < -0.39 is 0 Å². The molecule has 0 spiro atoms. The minimum atomic E-state index is -0.123. The highest BCUT2D eigenvalue weighted by Crippen LogP contribution is 2.28. The fourth-order valence-electron chi connectivity index (χ4n) is 3.93. The second-order valence-corrected chi connectivity index (χ2v) is 7.04. The van der Waals surface area contributed by atoms with Gasteiger partial charge < -0.3 is 10.6 Å². The molecule has 0 radical (unpaired) electrons. The Balaban J connectivity index is 0.00000196.